The molecule has 2 heterocycles. The number of imidazole rings is 1. The number of halogens is 6. The van der Waals surface area contributed by atoms with Gasteiger partial charge in [-0.2, -0.15) is 26.3 Å². The van der Waals surface area contributed by atoms with Crippen molar-refractivity contribution in [1.82, 2.24) is 20.2 Å². The van der Waals surface area contributed by atoms with E-state index in [1.165, 1.54) is 0 Å². The first-order valence-electron chi connectivity index (χ1n) is 12.6. The molecule has 1 aliphatic heterocycles. The highest BCUT2D eigenvalue weighted by Gasteiger charge is 2.45. The number of aromatic amines is 1. The number of aromatic nitrogens is 2. The maximum Gasteiger partial charge on any atom is 0.416 e. The molecule has 0 spiro atoms. The third-order valence-corrected chi connectivity index (χ3v) is 7.66. The predicted octanol–water partition coefficient (Wildman–Crippen LogP) is 6.30. The van der Waals surface area contributed by atoms with Crippen LogP contribution in [0.1, 0.15) is 54.4 Å². The minimum absolute atomic E-state index is 0.0969. The summed E-state index contributed by atoms with van der Waals surface area (Å²) in [5.41, 5.74) is -0.725. The van der Waals surface area contributed by atoms with Crippen molar-refractivity contribution in [2.24, 2.45) is 11.3 Å². The van der Waals surface area contributed by atoms with E-state index in [4.69, 9.17) is 0 Å². The Labute approximate surface area is 215 Å². The van der Waals surface area contributed by atoms with Crippen LogP contribution in [0.5, 0.6) is 0 Å². The van der Waals surface area contributed by atoms with Gasteiger partial charge >= 0.3 is 12.4 Å². The Hall–Kier alpha value is -3.08. The number of alkyl halides is 6. The molecule has 11 heteroatoms. The molecule has 1 aromatic heterocycles. The summed E-state index contributed by atoms with van der Waals surface area (Å²) in [6, 6.07) is 7.45. The summed E-state index contributed by atoms with van der Waals surface area (Å²) in [5, 5.41) is 2.68. The van der Waals surface area contributed by atoms with Crippen molar-refractivity contribution in [3.8, 4) is 0 Å². The first-order chi connectivity index (χ1) is 17.9. The van der Waals surface area contributed by atoms with Gasteiger partial charge in [0.1, 0.15) is 0 Å². The molecular weight excluding hydrogens is 510 g/mol. The molecule has 5 nitrogen and oxygen atoms in total. The lowest BCUT2D eigenvalue weighted by Gasteiger charge is -2.41. The lowest BCUT2D eigenvalue weighted by Crippen LogP contribution is -2.48. The molecule has 2 aromatic carbocycles. The van der Waals surface area contributed by atoms with Crippen molar-refractivity contribution in [2.75, 3.05) is 13.1 Å². The van der Waals surface area contributed by atoms with E-state index < -0.39 is 35.4 Å². The minimum atomic E-state index is -4.93. The molecule has 0 bridgehead atoms. The van der Waals surface area contributed by atoms with Gasteiger partial charge in [-0.15, -0.1) is 0 Å². The fraction of sp³-hybridized carbons (Fsp3) is 0.481. The summed E-state index contributed by atoms with van der Waals surface area (Å²) in [5.74, 6) is 0.134. The Morgan fingerprint density at radius 3 is 2.24 bits per heavy atom. The van der Waals surface area contributed by atoms with E-state index in [1.807, 2.05) is 18.2 Å². The third kappa shape index (κ3) is 5.98. The molecule has 0 unspecified atom stereocenters. The Morgan fingerprint density at radius 2 is 1.63 bits per heavy atom. The number of likely N-dealkylation sites (tertiary alicyclic amines) is 1. The number of carbonyl (C=O) groups is 1. The van der Waals surface area contributed by atoms with Crippen LogP contribution in [0.25, 0.3) is 11.0 Å². The van der Waals surface area contributed by atoms with Gasteiger partial charge in [0.25, 0.3) is 0 Å². The molecule has 1 aliphatic carbocycles. The van der Waals surface area contributed by atoms with Gasteiger partial charge in [0.05, 0.1) is 33.9 Å². The summed E-state index contributed by atoms with van der Waals surface area (Å²) in [6.45, 7) is 1.65. The Balaban J connectivity index is 1.26. The molecule has 0 atom stereocenters. The SMILES string of the molecule is O=C(NCc1cc(C(F)(F)F)cc(C(F)(F)F)c1)C1(CC2CC2)CCN(Cc2ccc3nc[nH]c3c2)CC1. The number of hydrogen-bond donors (Lipinski definition) is 2. The van der Waals surface area contributed by atoms with Crippen LogP contribution in [0.3, 0.4) is 0 Å². The Bertz CT molecular complexity index is 1270. The number of rotatable bonds is 7. The molecule has 3 aromatic rings. The number of nitrogens with one attached hydrogen (secondary N) is 2. The van der Waals surface area contributed by atoms with Crippen LogP contribution in [-0.4, -0.2) is 33.9 Å². The number of carbonyl (C=O) groups excluding carboxylic acids is 1. The molecule has 2 fully saturated rings. The van der Waals surface area contributed by atoms with Crippen LogP contribution in [0.2, 0.25) is 0 Å². The second-order valence-electron chi connectivity index (χ2n) is 10.6. The molecule has 2 N–H and O–H groups in total. The van der Waals surface area contributed by atoms with E-state index in [1.54, 1.807) is 6.33 Å². The summed E-state index contributed by atoms with van der Waals surface area (Å²) >= 11 is 0. The monoisotopic (exact) mass is 538 g/mol. The highest BCUT2D eigenvalue weighted by Crippen LogP contribution is 2.46. The maximum absolute atomic E-state index is 13.4. The van der Waals surface area contributed by atoms with Crippen molar-refractivity contribution in [2.45, 2.75) is 57.5 Å². The predicted molar refractivity (Wildman–Crippen MR) is 129 cm³/mol. The number of piperidine rings is 1. The quantitative estimate of drug-likeness (QED) is 0.347. The van der Waals surface area contributed by atoms with E-state index >= 15 is 0 Å². The van der Waals surface area contributed by atoms with Crippen LogP contribution >= 0.6 is 0 Å². The van der Waals surface area contributed by atoms with Crippen LogP contribution < -0.4 is 5.32 Å². The number of H-pyrrole nitrogens is 1. The van der Waals surface area contributed by atoms with Gasteiger partial charge in [-0.05, 0) is 79.7 Å². The lowest BCUT2D eigenvalue weighted by atomic mass is 9.73. The lowest BCUT2D eigenvalue weighted by molar-refractivity contribution is -0.143. The summed E-state index contributed by atoms with van der Waals surface area (Å²) in [4.78, 5) is 23.0. The largest absolute Gasteiger partial charge is 0.416 e. The average molecular weight is 539 g/mol. The molecule has 5 rings (SSSR count). The van der Waals surface area contributed by atoms with E-state index in [9.17, 15) is 31.1 Å². The van der Waals surface area contributed by atoms with Gasteiger partial charge < -0.3 is 10.3 Å². The molecule has 1 saturated carbocycles. The Morgan fingerprint density at radius 1 is 0.974 bits per heavy atom. The van der Waals surface area contributed by atoms with E-state index in [0.29, 0.717) is 56.9 Å². The minimum Gasteiger partial charge on any atom is -0.352 e. The van der Waals surface area contributed by atoms with Crippen LogP contribution in [0.4, 0.5) is 26.3 Å². The molecule has 2 aliphatic rings. The van der Waals surface area contributed by atoms with Gasteiger partial charge in [-0.1, -0.05) is 18.9 Å². The van der Waals surface area contributed by atoms with Gasteiger partial charge in [0.2, 0.25) is 5.91 Å². The van der Waals surface area contributed by atoms with Crippen molar-refractivity contribution in [1.29, 1.82) is 0 Å². The normalized spacial score (nSPS) is 18.6. The zero-order valence-electron chi connectivity index (χ0n) is 20.6. The summed E-state index contributed by atoms with van der Waals surface area (Å²) < 4.78 is 79.4. The highest BCUT2D eigenvalue weighted by atomic mass is 19.4. The maximum atomic E-state index is 13.4. The highest BCUT2D eigenvalue weighted by molar-refractivity contribution is 5.83. The molecule has 38 heavy (non-hydrogen) atoms. The van der Waals surface area contributed by atoms with Gasteiger partial charge in [-0.3, -0.25) is 9.69 Å². The summed E-state index contributed by atoms with van der Waals surface area (Å²) in [7, 11) is 0. The fourth-order valence-electron chi connectivity index (χ4n) is 5.37. The fourth-order valence-corrected chi connectivity index (χ4v) is 5.37. The number of fused-ring (bicyclic) bond motifs is 1. The molecule has 0 radical (unpaired) electrons. The number of hydrogen-bond acceptors (Lipinski definition) is 3. The van der Waals surface area contributed by atoms with Crippen molar-refractivity contribution >= 4 is 16.9 Å². The smallest absolute Gasteiger partial charge is 0.352 e. The number of benzene rings is 2. The topological polar surface area (TPSA) is 61.0 Å². The van der Waals surface area contributed by atoms with E-state index in [2.05, 4.69) is 20.2 Å². The Kier molecular flexibility index (Phi) is 6.91. The summed E-state index contributed by atoms with van der Waals surface area (Å²) in [6.07, 6.45) is -4.30. The zero-order valence-corrected chi connectivity index (χ0v) is 20.6. The van der Waals surface area contributed by atoms with Crippen LogP contribution in [0.15, 0.2) is 42.7 Å². The van der Waals surface area contributed by atoms with Crippen molar-refractivity contribution in [3.63, 3.8) is 0 Å². The van der Waals surface area contributed by atoms with Crippen molar-refractivity contribution in [3.05, 3.63) is 65.0 Å². The number of amides is 1. The first kappa shape index (κ1) is 26.5. The van der Waals surface area contributed by atoms with Gasteiger partial charge in [0, 0.05) is 13.1 Å². The van der Waals surface area contributed by atoms with Gasteiger partial charge in [-0.25, -0.2) is 4.98 Å². The standard InChI is InChI=1S/C27H28F6N4O/c28-26(29,30)20-9-19(10-21(12-20)27(31,32)33)14-34-24(38)25(13-17-1-2-17)5-7-37(8-6-25)15-18-3-4-22-23(11-18)36-16-35-22/h3-4,9-12,16-17H,1-2,5-8,13-15H2,(H,34,38)(H,35,36). The molecule has 1 amide bonds. The van der Waals surface area contributed by atoms with Crippen LogP contribution in [-0.2, 0) is 30.2 Å². The van der Waals surface area contributed by atoms with Gasteiger partial charge in [0.15, 0.2) is 0 Å². The average Bonchev–Trinajstić information content (AvgIpc) is 3.55. The molecular formula is C27H28F6N4O. The third-order valence-electron chi connectivity index (χ3n) is 7.66. The van der Waals surface area contributed by atoms with Crippen LogP contribution in [0, 0.1) is 11.3 Å². The van der Waals surface area contributed by atoms with E-state index in [-0.39, 0.29) is 17.5 Å². The first-order valence-corrected chi connectivity index (χ1v) is 12.6. The molecule has 1 saturated heterocycles. The molecule has 204 valence electrons. The van der Waals surface area contributed by atoms with E-state index in [0.717, 1.165) is 29.4 Å². The van der Waals surface area contributed by atoms with Crippen molar-refractivity contribution < 1.29 is 31.1 Å². The number of nitrogens with zero attached hydrogens (tertiary/aromatic N) is 2. The zero-order chi connectivity index (χ0) is 27.1. The second-order valence-corrected chi connectivity index (χ2v) is 10.6. The second kappa shape index (κ2) is 9.91.